The van der Waals surface area contributed by atoms with Gasteiger partial charge in [-0.05, 0) is 43.2 Å². The maximum Gasteiger partial charge on any atom is 0.155 e. The van der Waals surface area contributed by atoms with Crippen molar-refractivity contribution in [3.05, 3.63) is 39.9 Å². The molecule has 0 spiro atoms. The molecule has 0 aliphatic heterocycles. The minimum absolute atomic E-state index is 0.111. The fraction of sp³-hybridized carbons (Fsp3) is 0.182. The Bertz CT molecular complexity index is 353. The largest absolute Gasteiger partial charge is 0.295 e. The molecule has 1 nitrogen and oxygen atoms in total. The third-order valence-corrected chi connectivity index (χ3v) is 2.28. The molecular weight excluding hydrogens is 228 g/mol. The topological polar surface area (TPSA) is 17.1 Å². The van der Waals surface area contributed by atoms with Crippen LogP contribution in [0.5, 0.6) is 0 Å². The van der Waals surface area contributed by atoms with Crippen LogP contribution in [0.25, 0.3) is 6.08 Å². The molecule has 0 amide bonds. The van der Waals surface area contributed by atoms with Gasteiger partial charge < -0.3 is 0 Å². The lowest BCUT2D eigenvalue weighted by atomic mass is 10.1. The summed E-state index contributed by atoms with van der Waals surface area (Å²) >= 11 is 3.37. The van der Waals surface area contributed by atoms with Gasteiger partial charge in [0.15, 0.2) is 5.78 Å². The molecule has 0 atom stereocenters. The van der Waals surface area contributed by atoms with Crippen molar-refractivity contribution in [1.82, 2.24) is 0 Å². The second-order valence-corrected chi connectivity index (χ2v) is 3.85. The zero-order valence-electron chi connectivity index (χ0n) is 7.67. The molecule has 2 heteroatoms. The standard InChI is InChI=1S/C11H11BrO/c1-8(9(2)13)6-10-4-3-5-11(12)7-10/h3-7H,1-2H3/b8-6+. The van der Waals surface area contributed by atoms with E-state index in [4.69, 9.17) is 0 Å². The molecule has 0 aromatic heterocycles. The number of Topliss-reactive ketones (excluding diaryl/α,β-unsaturated/α-hetero) is 1. The summed E-state index contributed by atoms with van der Waals surface area (Å²) in [5, 5.41) is 0. The third kappa shape index (κ3) is 3.15. The van der Waals surface area contributed by atoms with Crippen molar-refractivity contribution in [3.63, 3.8) is 0 Å². The van der Waals surface area contributed by atoms with Gasteiger partial charge in [0, 0.05) is 4.47 Å². The average Bonchev–Trinajstić information content (AvgIpc) is 2.04. The zero-order chi connectivity index (χ0) is 9.84. The average molecular weight is 239 g/mol. The first-order valence-corrected chi connectivity index (χ1v) is 4.83. The Morgan fingerprint density at radius 3 is 2.62 bits per heavy atom. The highest BCUT2D eigenvalue weighted by Crippen LogP contribution is 2.14. The van der Waals surface area contributed by atoms with E-state index in [0.717, 1.165) is 15.6 Å². The van der Waals surface area contributed by atoms with Crippen LogP contribution >= 0.6 is 15.9 Å². The van der Waals surface area contributed by atoms with E-state index in [0.29, 0.717) is 0 Å². The molecule has 0 saturated heterocycles. The SMILES string of the molecule is CC(=O)/C(C)=C/c1cccc(Br)c1. The summed E-state index contributed by atoms with van der Waals surface area (Å²) in [5.41, 5.74) is 1.82. The lowest BCUT2D eigenvalue weighted by Crippen LogP contribution is -1.90. The van der Waals surface area contributed by atoms with Gasteiger partial charge in [-0.15, -0.1) is 0 Å². The summed E-state index contributed by atoms with van der Waals surface area (Å²) in [6.07, 6.45) is 1.88. The highest BCUT2D eigenvalue weighted by Gasteiger charge is 1.96. The number of ketones is 1. The highest BCUT2D eigenvalue weighted by atomic mass is 79.9. The summed E-state index contributed by atoms with van der Waals surface area (Å²) in [4.78, 5) is 11.0. The first-order chi connectivity index (χ1) is 6.09. The van der Waals surface area contributed by atoms with Crippen LogP contribution in [0.4, 0.5) is 0 Å². The Balaban J connectivity index is 2.97. The predicted octanol–water partition coefficient (Wildman–Crippen LogP) is 3.44. The van der Waals surface area contributed by atoms with E-state index in [1.54, 1.807) is 6.92 Å². The summed E-state index contributed by atoms with van der Waals surface area (Å²) in [6, 6.07) is 7.85. The number of hydrogen-bond acceptors (Lipinski definition) is 1. The van der Waals surface area contributed by atoms with E-state index >= 15 is 0 Å². The van der Waals surface area contributed by atoms with Gasteiger partial charge in [0.05, 0.1) is 0 Å². The maximum absolute atomic E-state index is 11.0. The van der Waals surface area contributed by atoms with Gasteiger partial charge >= 0.3 is 0 Å². The second-order valence-electron chi connectivity index (χ2n) is 2.94. The minimum atomic E-state index is 0.111. The number of benzene rings is 1. The van der Waals surface area contributed by atoms with Gasteiger partial charge in [0.1, 0.15) is 0 Å². The van der Waals surface area contributed by atoms with Gasteiger partial charge in [-0.3, -0.25) is 4.79 Å². The number of allylic oxidation sites excluding steroid dienone is 1. The Labute approximate surface area is 86.6 Å². The fourth-order valence-corrected chi connectivity index (χ4v) is 1.36. The highest BCUT2D eigenvalue weighted by molar-refractivity contribution is 9.10. The Hall–Kier alpha value is -0.890. The number of rotatable bonds is 2. The number of carbonyl (C=O) groups excluding carboxylic acids is 1. The van der Waals surface area contributed by atoms with Gasteiger partial charge in [-0.25, -0.2) is 0 Å². The molecule has 13 heavy (non-hydrogen) atoms. The summed E-state index contributed by atoms with van der Waals surface area (Å²) in [6.45, 7) is 3.40. The van der Waals surface area contributed by atoms with Crippen molar-refractivity contribution in [1.29, 1.82) is 0 Å². The molecule has 0 unspecified atom stereocenters. The summed E-state index contributed by atoms with van der Waals surface area (Å²) in [7, 11) is 0. The van der Waals surface area contributed by atoms with Gasteiger partial charge in [0.2, 0.25) is 0 Å². The van der Waals surface area contributed by atoms with Gasteiger partial charge in [-0.1, -0.05) is 28.1 Å². The van der Waals surface area contributed by atoms with Gasteiger partial charge in [0.25, 0.3) is 0 Å². The first-order valence-electron chi connectivity index (χ1n) is 4.04. The number of carbonyl (C=O) groups is 1. The number of halogens is 1. The summed E-state index contributed by atoms with van der Waals surface area (Å²) in [5.74, 6) is 0.111. The van der Waals surface area contributed by atoms with Crippen LogP contribution in [0.3, 0.4) is 0 Å². The molecular formula is C11H11BrO. The van der Waals surface area contributed by atoms with Crippen LogP contribution in [-0.4, -0.2) is 5.78 Å². The molecule has 0 aliphatic rings. The molecule has 0 radical (unpaired) electrons. The smallest absolute Gasteiger partial charge is 0.155 e. The molecule has 0 saturated carbocycles. The third-order valence-electron chi connectivity index (χ3n) is 1.79. The molecule has 1 aromatic rings. The van der Waals surface area contributed by atoms with E-state index in [-0.39, 0.29) is 5.78 Å². The Kier molecular flexibility index (Phi) is 3.43. The van der Waals surface area contributed by atoms with Crippen LogP contribution in [0.1, 0.15) is 19.4 Å². The van der Waals surface area contributed by atoms with Crippen molar-refractivity contribution in [2.45, 2.75) is 13.8 Å². The van der Waals surface area contributed by atoms with Crippen molar-refractivity contribution < 1.29 is 4.79 Å². The normalized spacial score (nSPS) is 11.5. The lowest BCUT2D eigenvalue weighted by Gasteiger charge is -1.96. The van der Waals surface area contributed by atoms with Crippen LogP contribution in [-0.2, 0) is 4.79 Å². The van der Waals surface area contributed by atoms with Crippen LogP contribution < -0.4 is 0 Å². The van der Waals surface area contributed by atoms with Crippen LogP contribution in [0.2, 0.25) is 0 Å². The summed E-state index contributed by atoms with van der Waals surface area (Å²) < 4.78 is 1.03. The fourth-order valence-electron chi connectivity index (χ4n) is 0.948. The monoisotopic (exact) mass is 238 g/mol. The lowest BCUT2D eigenvalue weighted by molar-refractivity contribution is -0.113. The molecule has 0 bridgehead atoms. The van der Waals surface area contributed by atoms with Crippen molar-refractivity contribution in [2.75, 3.05) is 0 Å². The molecule has 0 heterocycles. The van der Waals surface area contributed by atoms with E-state index in [1.165, 1.54) is 0 Å². The molecule has 0 fully saturated rings. The molecule has 0 aliphatic carbocycles. The maximum atomic E-state index is 11.0. The Morgan fingerprint density at radius 1 is 1.38 bits per heavy atom. The van der Waals surface area contributed by atoms with Gasteiger partial charge in [-0.2, -0.15) is 0 Å². The quantitative estimate of drug-likeness (QED) is 0.722. The first kappa shape index (κ1) is 10.2. The van der Waals surface area contributed by atoms with E-state index in [9.17, 15) is 4.79 Å². The van der Waals surface area contributed by atoms with Crippen molar-refractivity contribution >= 4 is 27.8 Å². The zero-order valence-corrected chi connectivity index (χ0v) is 9.26. The van der Waals surface area contributed by atoms with Crippen LogP contribution in [0, 0.1) is 0 Å². The molecule has 1 aromatic carbocycles. The van der Waals surface area contributed by atoms with E-state index < -0.39 is 0 Å². The van der Waals surface area contributed by atoms with E-state index in [2.05, 4.69) is 15.9 Å². The van der Waals surface area contributed by atoms with Crippen molar-refractivity contribution in [3.8, 4) is 0 Å². The number of hydrogen-bond donors (Lipinski definition) is 0. The predicted molar refractivity (Wildman–Crippen MR) is 58.5 cm³/mol. The molecule has 0 N–H and O–H groups in total. The Morgan fingerprint density at radius 2 is 2.08 bits per heavy atom. The minimum Gasteiger partial charge on any atom is -0.295 e. The van der Waals surface area contributed by atoms with Crippen LogP contribution in [0.15, 0.2) is 34.3 Å². The molecule has 68 valence electrons. The molecule has 1 rings (SSSR count). The second kappa shape index (κ2) is 4.38. The van der Waals surface area contributed by atoms with E-state index in [1.807, 2.05) is 37.3 Å². The van der Waals surface area contributed by atoms with Crippen molar-refractivity contribution in [2.24, 2.45) is 0 Å².